The second-order valence-corrected chi connectivity index (χ2v) is 5.01. The molecule has 1 heterocycles. The van der Waals surface area contributed by atoms with Crippen molar-refractivity contribution in [3.8, 4) is 5.75 Å². The molecule has 0 aliphatic heterocycles. The van der Waals surface area contributed by atoms with Gasteiger partial charge in [0.25, 0.3) is 11.8 Å². The summed E-state index contributed by atoms with van der Waals surface area (Å²) in [7, 11) is 0. The molecule has 2 amide bonds. The quantitative estimate of drug-likeness (QED) is 0.636. The molecule has 0 bridgehead atoms. The maximum atomic E-state index is 11.7. The van der Waals surface area contributed by atoms with Crippen molar-refractivity contribution in [1.82, 2.24) is 16.2 Å². The van der Waals surface area contributed by atoms with Crippen LogP contribution in [0.2, 0.25) is 0 Å². The van der Waals surface area contributed by atoms with Gasteiger partial charge >= 0.3 is 0 Å². The molecular formula is C17H19N3O4. The summed E-state index contributed by atoms with van der Waals surface area (Å²) < 4.78 is 10.5. The SMILES string of the molecule is C=C(NNC(=O)CNC(=O)COc1cccc(C)c1)c1ccco1. The zero-order valence-electron chi connectivity index (χ0n) is 13.3. The summed E-state index contributed by atoms with van der Waals surface area (Å²) in [6.07, 6.45) is 1.50. The molecule has 24 heavy (non-hydrogen) atoms. The number of aryl methyl sites for hydroxylation is 1. The van der Waals surface area contributed by atoms with E-state index in [0.717, 1.165) is 5.56 Å². The molecular weight excluding hydrogens is 310 g/mol. The van der Waals surface area contributed by atoms with Gasteiger partial charge in [-0.05, 0) is 36.8 Å². The van der Waals surface area contributed by atoms with Crippen molar-refractivity contribution in [3.05, 3.63) is 60.6 Å². The van der Waals surface area contributed by atoms with E-state index >= 15 is 0 Å². The highest BCUT2D eigenvalue weighted by Gasteiger charge is 2.07. The van der Waals surface area contributed by atoms with E-state index in [4.69, 9.17) is 9.15 Å². The first-order valence-corrected chi connectivity index (χ1v) is 7.28. The van der Waals surface area contributed by atoms with E-state index in [9.17, 15) is 9.59 Å². The van der Waals surface area contributed by atoms with Gasteiger partial charge in [0.15, 0.2) is 12.4 Å². The molecule has 1 aromatic heterocycles. The Labute approximate surface area is 139 Å². The number of benzene rings is 1. The van der Waals surface area contributed by atoms with Crippen LogP contribution in [-0.4, -0.2) is 25.0 Å². The number of amides is 2. The largest absolute Gasteiger partial charge is 0.484 e. The third kappa shape index (κ3) is 5.53. The molecule has 0 fully saturated rings. The zero-order valence-corrected chi connectivity index (χ0v) is 13.3. The number of hydrogen-bond donors (Lipinski definition) is 3. The maximum absolute atomic E-state index is 11.7. The van der Waals surface area contributed by atoms with E-state index in [1.165, 1.54) is 6.26 Å². The van der Waals surface area contributed by atoms with Gasteiger partial charge in [0, 0.05) is 0 Å². The van der Waals surface area contributed by atoms with Crippen LogP contribution in [0.5, 0.6) is 5.75 Å². The minimum atomic E-state index is -0.424. The summed E-state index contributed by atoms with van der Waals surface area (Å²) in [4.78, 5) is 23.3. The maximum Gasteiger partial charge on any atom is 0.258 e. The van der Waals surface area contributed by atoms with Crippen LogP contribution in [0.15, 0.2) is 53.7 Å². The first-order valence-electron chi connectivity index (χ1n) is 7.28. The monoisotopic (exact) mass is 329 g/mol. The summed E-state index contributed by atoms with van der Waals surface area (Å²) in [5, 5.41) is 2.46. The molecule has 0 aliphatic carbocycles. The summed E-state index contributed by atoms with van der Waals surface area (Å²) in [6, 6.07) is 10.8. The van der Waals surface area contributed by atoms with Crippen molar-refractivity contribution in [2.24, 2.45) is 0 Å². The number of carbonyl (C=O) groups is 2. The van der Waals surface area contributed by atoms with Gasteiger partial charge in [0.2, 0.25) is 0 Å². The summed E-state index contributed by atoms with van der Waals surface area (Å²) in [5.41, 5.74) is 6.45. The van der Waals surface area contributed by atoms with Gasteiger partial charge in [-0.1, -0.05) is 18.7 Å². The second-order valence-electron chi connectivity index (χ2n) is 5.01. The van der Waals surface area contributed by atoms with Gasteiger partial charge in [0.05, 0.1) is 18.5 Å². The standard InChI is InChI=1S/C17H19N3O4/c1-12-5-3-6-14(9-12)24-11-17(22)18-10-16(21)20-19-13(2)15-7-4-8-23-15/h3-9,19H,2,10-11H2,1H3,(H,18,22)(H,20,21). The van der Waals surface area contributed by atoms with Crippen molar-refractivity contribution in [1.29, 1.82) is 0 Å². The van der Waals surface area contributed by atoms with Crippen molar-refractivity contribution in [2.45, 2.75) is 6.92 Å². The summed E-state index contributed by atoms with van der Waals surface area (Å²) >= 11 is 0. The number of hydrazine groups is 1. The minimum absolute atomic E-state index is 0.163. The van der Waals surface area contributed by atoms with E-state index in [0.29, 0.717) is 17.2 Å². The van der Waals surface area contributed by atoms with Crippen LogP contribution < -0.4 is 20.9 Å². The molecule has 3 N–H and O–H groups in total. The lowest BCUT2D eigenvalue weighted by Crippen LogP contribution is -2.43. The van der Waals surface area contributed by atoms with Crippen LogP contribution >= 0.6 is 0 Å². The molecule has 7 heteroatoms. The molecule has 0 saturated heterocycles. The van der Waals surface area contributed by atoms with Crippen molar-refractivity contribution in [2.75, 3.05) is 13.2 Å². The first kappa shape index (κ1) is 17.1. The van der Waals surface area contributed by atoms with Crippen LogP contribution in [0.1, 0.15) is 11.3 Å². The fraction of sp³-hybridized carbons (Fsp3) is 0.176. The first-order chi connectivity index (χ1) is 11.5. The van der Waals surface area contributed by atoms with E-state index in [1.54, 1.807) is 18.2 Å². The van der Waals surface area contributed by atoms with Gasteiger partial charge in [0.1, 0.15) is 5.75 Å². The number of carbonyl (C=O) groups excluding carboxylic acids is 2. The molecule has 126 valence electrons. The fourth-order valence-electron chi connectivity index (χ4n) is 1.79. The predicted molar refractivity (Wildman–Crippen MR) is 88.7 cm³/mol. The van der Waals surface area contributed by atoms with E-state index < -0.39 is 11.8 Å². The van der Waals surface area contributed by atoms with Crippen LogP contribution in [0.4, 0.5) is 0 Å². The molecule has 0 radical (unpaired) electrons. The molecule has 0 spiro atoms. The van der Waals surface area contributed by atoms with E-state index in [-0.39, 0.29) is 13.2 Å². The van der Waals surface area contributed by atoms with Gasteiger partial charge in [-0.15, -0.1) is 0 Å². The predicted octanol–water partition coefficient (Wildman–Crippen LogP) is 1.37. The van der Waals surface area contributed by atoms with Gasteiger partial charge in [-0.3, -0.25) is 20.4 Å². The molecule has 7 nitrogen and oxygen atoms in total. The van der Waals surface area contributed by atoms with Crippen molar-refractivity contribution < 1.29 is 18.7 Å². The Morgan fingerprint density at radius 3 is 2.71 bits per heavy atom. The molecule has 2 rings (SSSR count). The van der Waals surface area contributed by atoms with Crippen molar-refractivity contribution >= 4 is 17.5 Å². The Bertz CT molecular complexity index is 710. The molecule has 0 aliphatic rings. The summed E-state index contributed by atoms with van der Waals surface area (Å²) in [6.45, 7) is 5.29. The lowest BCUT2D eigenvalue weighted by molar-refractivity contribution is -0.127. The molecule has 1 aromatic carbocycles. The van der Waals surface area contributed by atoms with Crippen LogP contribution in [-0.2, 0) is 9.59 Å². The topological polar surface area (TPSA) is 92.6 Å². The van der Waals surface area contributed by atoms with Crippen LogP contribution in [0, 0.1) is 6.92 Å². The molecule has 0 unspecified atom stereocenters. The lowest BCUT2D eigenvalue weighted by Gasteiger charge is -2.10. The van der Waals surface area contributed by atoms with Crippen molar-refractivity contribution in [3.63, 3.8) is 0 Å². The lowest BCUT2D eigenvalue weighted by atomic mass is 10.2. The normalized spacial score (nSPS) is 9.88. The Morgan fingerprint density at radius 2 is 2.00 bits per heavy atom. The third-order valence-corrected chi connectivity index (χ3v) is 2.98. The second kappa shape index (κ2) is 8.42. The smallest absolute Gasteiger partial charge is 0.258 e. The highest BCUT2D eigenvalue weighted by Crippen LogP contribution is 2.11. The molecule has 0 atom stereocenters. The number of hydrogen-bond acceptors (Lipinski definition) is 5. The number of ether oxygens (including phenoxy) is 1. The number of furan rings is 1. The van der Waals surface area contributed by atoms with Crippen LogP contribution in [0.25, 0.3) is 5.70 Å². The van der Waals surface area contributed by atoms with Gasteiger partial charge in [-0.25, -0.2) is 0 Å². The van der Waals surface area contributed by atoms with Gasteiger partial charge in [-0.2, -0.15) is 0 Å². The van der Waals surface area contributed by atoms with Crippen LogP contribution in [0.3, 0.4) is 0 Å². The summed E-state index contributed by atoms with van der Waals surface area (Å²) in [5.74, 6) is 0.292. The number of rotatable bonds is 8. The Kier molecular flexibility index (Phi) is 6.01. The highest BCUT2D eigenvalue weighted by molar-refractivity contribution is 5.85. The van der Waals surface area contributed by atoms with Gasteiger partial charge < -0.3 is 14.5 Å². The molecule has 0 saturated carbocycles. The Morgan fingerprint density at radius 1 is 1.17 bits per heavy atom. The molecule has 2 aromatic rings. The Hall–Kier alpha value is -3.22. The third-order valence-electron chi connectivity index (χ3n) is 2.98. The Balaban J connectivity index is 1.64. The average Bonchev–Trinajstić information content (AvgIpc) is 3.10. The minimum Gasteiger partial charge on any atom is -0.484 e. The fourth-order valence-corrected chi connectivity index (χ4v) is 1.79. The number of nitrogens with one attached hydrogen (secondary N) is 3. The van der Waals surface area contributed by atoms with E-state index in [1.807, 2.05) is 25.1 Å². The average molecular weight is 329 g/mol. The van der Waals surface area contributed by atoms with E-state index in [2.05, 4.69) is 22.7 Å². The highest BCUT2D eigenvalue weighted by atomic mass is 16.5. The zero-order chi connectivity index (χ0) is 17.4.